The van der Waals surface area contributed by atoms with Gasteiger partial charge in [0.05, 0.1) is 0 Å². The summed E-state index contributed by atoms with van der Waals surface area (Å²) in [4.78, 5) is 1.44. The molecule has 5 heteroatoms. The van der Waals surface area contributed by atoms with E-state index < -0.39 is 0 Å². The Labute approximate surface area is 87.7 Å². The number of ether oxygens (including phenoxy) is 1. The molecule has 0 aliphatic carbocycles. The molecule has 15 heavy (non-hydrogen) atoms. The molecule has 1 heterocycles. The minimum atomic E-state index is 0.344. The zero-order chi connectivity index (χ0) is 10.5. The maximum Gasteiger partial charge on any atom is 0.205 e. The zero-order valence-electron chi connectivity index (χ0n) is 8.50. The van der Waals surface area contributed by atoms with Crippen LogP contribution in [0.1, 0.15) is 6.92 Å². The number of nitrogens with zero attached hydrogens (tertiary/aromatic N) is 4. The van der Waals surface area contributed by atoms with Crippen LogP contribution in [0.5, 0.6) is 0 Å². The first-order valence-corrected chi connectivity index (χ1v) is 4.81. The molecule has 1 aromatic carbocycles. The van der Waals surface area contributed by atoms with Crippen molar-refractivity contribution in [2.45, 2.75) is 13.7 Å². The fourth-order valence-corrected chi connectivity index (χ4v) is 1.17. The van der Waals surface area contributed by atoms with Crippen molar-refractivity contribution in [2.75, 3.05) is 6.61 Å². The van der Waals surface area contributed by atoms with Crippen LogP contribution >= 0.6 is 0 Å². The van der Waals surface area contributed by atoms with Gasteiger partial charge in [-0.15, -0.1) is 15.0 Å². The van der Waals surface area contributed by atoms with E-state index >= 15 is 0 Å². The maximum atomic E-state index is 5.17. The van der Waals surface area contributed by atoms with Crippen LogP contribution in [0, 0.1) is 0 Å². The van der Waals surface area contributed by atoms with E-state index in [9.17, 15) is 0 Å². The topological polar surface area (TPSA) is 52.8 Å². The van der Waals surface area contributed by atoms with Gasteiger partial charge >= 0.3 is 0 Å². The lowest BCUT2D eigenvalue weighted by molar-refractivity contribution is 0.0679. The monoisotopic (exact) mass is 204 g/mol. The molecule has 0 spiro atoms. The minimum Gasteiger partial charge on any atom is -0.358 e. The average molecular weight is 204 g/mol. The summed E-state index contributed by atoms with van der Waals surface area (Å²) in [6.07, 6.45) is 0. The Kier molecular flexibility index (Phi) is 3.04. The summed E-state index contributed by atoms with van der Waals surface area (Å²) in [6.45, 7) is 2.91. The Hall–Kier alpha value is -1.75. The molecule has 0 saturated heterocycles. The van der Waals surface area contributed by atoms with Crippen molar-refractivity contribution in [1.82, 2.24) is 20.2 Å². The van der Waals surface area contributed by atoms with Gasteiger partial charge in [0, 0.05) is 12.2 Å². The predicted octanol–water partition coefficient (Wildman–Crippen LogP) is 1.33. The van der Waals surface area contributed by atoms with Crippen LogP contribution in [0.4, 0.5) is 0 Å². The molecule has 0 aliphatic rings. The quantitative estimate of drug-likeness (QED) is 0.754. The second-order valence-corrected chi connectivity index (χ2v) is 2.97. The molecule has 0 N–H and O–H groups in total. The molecular formula is C10H12N4O. The number of aromatic nitrogens is 4. The predicted molar refractivity (Wildman–Crippen MR) is 54.9 cm³/mol. The normalized spacial score (nSPS) is 10.5. The van der Waals surface area contributed by atoms with E-state index in [0.29, 0.717) is 19.2 Å². The van der Waals surface area contributed by atoms with Crippen LogP contribution in [0.25, 0.3) is 11.4 Å². The molecule has 1 aromatic heterocycles. The van der Waals surface area contributed by atoms with Crippen LogP contribution in [-0.4, -0.2) is 26.8 Å². The van der Waals surface area contributed by atoms with E-state index in [0.717, 1.165) is 5.56 Å². The molecule has 0 aliphatic heterocycles. The van der Waals surface area contributed by atoms with Gasteiger partial charge in [-0.3, -0.25) is 0 Å². The number of benzene rings is 1. The Morgan fingerprint density at radius 3 is 2.80 bits per heavy atom. The van der Waals surface area contributed by atoms with Crippen molar-refractivity contribution in [1.29, 1.82) is 0 Å². The molecule has 2 aromatic rings. The smallest absolute Gasteiger partial charge is 0.205 e. The Bertz CT molecular complexity index is 412. The lowest BCUT2D eigenvalue weighted by atomic mass is 10.2. The van der Waals surface area contributed by atoms with E-state index in [1.54, 1.807) is 0 Å². The zero-order valence-corrected chi connectivity index (χ0v) is 8.50. The second kappa shape index (κ2) is 4.65. The van der Waals surface area contributed by atoms with E-state index in [2.05, 4.69) is 15.4 Å². The average Bonchev–Trinajstić information content (AvgIpc) is 2.76. The van der Waals surface area contributed by atoms with Gasteiger partial charge in [-0.1, -0.05) is 30.3 Å². The van der Waals surface area contributed by atoms with Gasteiger partial charge in [0.2, 0.25) is 5.82 Å². The first-order valence-electron chi connectivity index (χ1n) is 4.81. The number of hydrogen-bond donors (Lipinski definition) is 0. The SMILES string of the molecule is CCOCn1nnc(-c2ccccc2)n1. The number of rotatable bonds is 4. The van der Waals surface area contributed by atoms with Crippen LogP contribution < -0.4 is 0 Å². The molecule has 5 nitrogen and oxygen atoms in total. The Morgan fingerprint density at radius 2 is 2.07 bits per heavy atom. The van der Waals surface area contributed by atoms with Gasteiger partial charge in [-0.25, -0.2) is 0 Å². The summed E-state index contributed by atoms with van der Waals surface area (Å²) in [5.74, 6) is 0.621. The van der Waals surface area contributed by atoms with Crippen molar-refractivity contribution in [3.8, 4) is 11.4 Å². The third kappa shape index (κ3) is 2.38. The highest BCUT2D eigenvalue weighted by atomic mass is 16.5. The molecular weight excluding hydrogens is 192 g/mol. The molecule has 0 amide bonds. The van der Waals surface area contributed by atoms with Crippen molar-refractivity contribution in [3.63, 3.8) is 0 Å². The Balaban J connectivity index is 2.14. The lowest BCUT2D eigenvalue weighted by Gasteiger charge is -1.96. The summed E-state index contributed by atoms with van der Waals surface area (Å²) in [6, 6.07) is 9.73. The highest BCUT2D eigenvalue weighted by Gasteiger charge is 2.03. The number of hydrogen-bond acceptors (Lipinski definition) is 4. The molecule has 0 unspecified atom stereocenters. The summed E-state index contributed by atoms with van der Waals surface area (Å²) in [5.41, 5.74) is 0.959. The highest BCUT2D eigenvalue weighted by molar-refractivity contribution is 5.52. The van der Waals surface area contributed by atoms with Crippen LogP contribution in [0.15, 0.2) is 30.3 Å². The van der Waals surface area contributed by atoms with Gasteiger partial charge in [0.15, 0.2) is 6.73 Å². The van der Waals surface area contributed by atoms with Crippen LogP contribution in [0.2, 0.25) is 0 Å². The largest absolute Gasteiger partial charge is 0.358 e. The van der Waals surface area contributed by atoms with Gasteiger partial charge in [-0.2, -0.15) is 0 Å². The molecule has 0 saturated carbocycles. The second-order valence-electron chi connectivity index (χ2n) is 2.97. The summed E-state index contributed by atoms with van der Waals surface area (Å²) >= 11 is 0. The third-order valence-electron chi connectivity index (χ3n) is 1.90. The van der Waals surface area contributed by atoms with Gasteiger partial charge in [-0.05, 0) is 12.1 Å². The number of tetrazole rings is 1. The maximum absolute atomic E-state index is 5.17. The molecule has 78 valence electrons. The molecule has 0 radical (unpaired) electrons. The molecule has 0 fully saturated rings. The summed E-state index contributed by atoms with van der Waals surface area (Å²) in [5, 5.41) is 12.0. The fraction of sp³-hybridized carbons (Fsp3) is 0.300. The van der Waals surface area contributed by atoms with Crippen LogP contribution in [0.3, 0.4) is 0 Å². The fourth-order valence-electron chi connectivity index (χ4n) is 1.17. The van der Waals surface area contributed by atoms with E-state index in [1.807, 2.05) is 37.3 Å². The van der Waals surface area contributed by atoms with E-state index in [-0.39, 0.29) is 0 Å². The third-order valence-corrected chi connectivity index (χ3v) is 1.90. The van der Waals surface area contributed by atoms with Crippen molar-refractivity contribution >= 4 is 0 Å². The van der Waals surface area contributed by atoms with Crippen molar-refractivity contribution < 1.29 is 4.74 Å². The van der Waals surface area contributed by atoms with E-state index in [4.69, 9.17) is 4.74 Å². The highest BCUT2D eigenvalue weighted by Crippen LogP contribution is 2.11. The van der Waals surface area contributed by atoms with Crippen LogP contribution in [-0.2, 0) is 11.5 Å². The summed E-state index contributed by atoms with van der Waals surface area (Å²) in [7, 11) is 0. The van der Waals surface area contributed by atoms with E-state index in [1.165, 1.54) is 4.80 Å². The molecule has 0 atom stereocenters. The lowest BCUT2D eigenvalue weighted by Crippen LogP contribution is -2.05. The van der Waals surface area contributed by atoms with Gasteiger partial charge < -0.3 is 4.74 Å². The van der Waals surface area contributed by atoms with Gasteiger partial charge in [0.1, 0.15) is 0 Å². The van der Waals surface area contributed by atoms with Crippen molar-refractivity contribution in [3.05, 3.63) is 30.3 Å². The molecule has 2 rings (SSSR count). The first-order chi connectivity index (χ1) is 7.40. The Morgan fingerprint density at radius 1 is 1.27 bits per heavy atom. The summed E-state index contributed by atoms with van der Waals surface area (Å²) < 4.78 is 5.17. The minimum absolute atomic E-state index is 0.344. The van der Waals surface area contributed by atoms with Gasteiger partial charge in [0.25, 0.3) is 0 Å². The van der Waals surface area contributed by atoms with Crippen molar-refractivity contribution in [2.24, 2.45) is 0 Å². The molecule has 0 bridgehead atoms. The first kappa shape index (κ1) is 9.79. The standard InChI is InChI=1S/C10H12N4O/c1-2-15-8-14-12-10(11-13-14)9-6-4-3-5-7-9/h3-7H,2,8H2,1H3.